The molecule has 0 atom stereocenters. The topological polar surface area (TPSA) is 90.1 Å². The second kappa shape index (κ2) is 7.02. The quantitative estimate of drug-likeness (QED) is 0.746. The van der Waals surface area contributed by atoms with Crippen LogP contribution in [0.25, 0.3) is 22.2 Å². The summed E-state index contributed by atoms with van der Waals surface area (Å²) < 4.78 is 10.5. The van der Waals surface area contributed by atoms with Crippen LogP contribution in [0.4, 0.5) is 5.13 Å². The standard InChI is InChI=1S/C17H18N4O3S/c1-9(2)15(22)20-17-18-10(3)13(25-17)16-19-14(21-24-16)11-5-7-12(23-4)8-6-11/h5-9H,1-4H3,(H,18,20,22). The van der Waals surface area contributed by atoms with Gasteiger partial charge in [-0.05, 0) is 31.2 Å². The van der Waals surface area contributed by atoms with E-state index in [0.29, 0.717) is 16.8 Å². The molecule has 1 amide bonds. The number of nitrogens with zero attached hydrogens (tertiary/aromatic N) is 3. The van der Waals surface area contributed by atoms with E-state index in [1.807, 2.05) is 45.0 Å². The summed E-state index contributed by atoms with van der Waals surface area (Å²) in [5.41, 5.74) is 1.56. The summed E-state index contributed by atoms with van der Waals surface area (Å²) in [5.74, 6) is 1.43. The van der Waals surface area contributed by atoms with E-state index in [4.69, 9.17) is 9.26 Å². The number of carbonyl (C=O) groups is 1. The number of anilines is 1. The molecular formula is C17H18N4O3S. The molecule has 1 aromatic carbocycles. The Labute approximate surface area is 149 Å². The zero-order valence-electron chi connectivity index (χ0n) is 14.4. The van der Waals surface area contributed by atoms with Crippen molar-refractivity contribution in [3.05, 3.63) is 30.0 Å². The van der Waals surface area contributed by atoms with Crippen LogP contribution in [0.2, 0.25) is 0 Å². The number of benzene rings is 1. The molecule has 0 aliphatic heterocycles. The van der Waals surface area contributed by atoms with Crippen molar-refractivity contribution in [2.75, 3.05) is 12.4 Å². The van der Waals surface area contributed by atoms with Crippen LogP contribution in [0.5, 0.6) is 5.75 Å². The fraction of sp³-hybridized carbons (Fsp3) is 0.294. The lowest BCUT2D eigenvalue weighted by Crippen LogP contribution is -2.17. The highest BCUT2D eigenvalue weighted by atomic mass is 32.1. The summed E-state index contributed by atoms with van der Waals surface area (Å²) >= 11 is 1.31. The maximum atomic E-state index is 11.8. The molecule has 0 bridgehead atoms. The molecule has 0 aliphatic rings. The van der Waals surface area contributed by atoms with Gasteiger partial charge in [0.1, 0.15) is 10.6 Å². The van der Waals surface area contributed by atoms with Crippen LogP contribution in [-0.2, 0) is 4.79 Å². The van der Waals surface area contributed by atoms with Gasteiger partial charge in [0.25, 0.3) is 5.89 Å². The average Bonchev–Trinajstić information content (AvgIpc) is 3.21. The Balaban J connectivity index is 1.84. The Morgan fingerprint density at radius 3 is 2.60 bits per heavy atom. The first-order valence-electron chi connectivity index (χ1n) is 7.74. The third kappa shape index (κ3) is 3.69. The van der Waals surface area contributed by atoms with E-state index in [1.54, 1.807) is 7.11 Å². The molecule has 2 heterocycles. The summed E-state index contributed by atoms with van der Waals surface area (Å²) in [4.78, 5) is 21.3. The molecule has 0 unspecified atom stereocenters. The van der Waals surface area contributed by atoms with Crippen LogP contribution in [0, 0.1) is 12.8 Å². The van der Waals surface area contributed by atoms with Crippen LogP contribution in [0.1, 0.15) is 19.5 Å². The van der Waals surface area contributed by atoms with Crippen LogP contribution >= 0.6 is 11.3 Å². The molecule has 0 fully saturated rings. The van der Waals surface area contributed by atoms with E-state index in [9.17, 15) is 4.79 Å². The van der Waals surface area contributed by atoms with Gasteiger partial charge in [-0.25, -0.2) is 4.98 Å². The van der Waals surface area contributed by atoms with Gasteiger partial charge in [-0.1, -0.05) is 30.3 Å². The van der Waals surface area contributed by atoms with E-state index in [1.165, 1.54) is 11.3 Å². The number of carbonyl (C=O) groups excluding carboxylic acids is 1. The molecule has 7 nitrogen and oxygen atoms in total. The predicted molar refractivity (Wildman–Crippen MR) is 95.6 cm³/mol. The summed E-state index contributed by atoms with van der Waals surface area (Å²) in [6, 6.07) is 7.40. The number of nitrogens with one attached hydrogen (secondary N) is 1. The molecule has 0 saturated heterocycles. The Hall–Kier alpha value is -2.74. The smallest absolute Gasteiger partial charge is 0.270 e. The summed E-state index contributed by atoms with van der Waals surface area (Å²) in [7, 11) is 1.61. The van der Waals surface area contributed by atoms with Gasteiger partial charge >= 0.3 is 0 Å². The molecule has 2 aromatic heterocycles. The fourth-order valence-electron chi connectivity index (χ4n) is 2.07. The van der Waals surface area contributed by atoms with Crippen LogP contribution in [0.3, 0.4) is 0 Å². The molecule has 130 valence electrons. The van der Waals surface area contributed by atoms with Gasteiger partial charge in [-0.3, -0.25) is 4.79 Å². The van der Waals surface area contributed by atoms with Crippen LogP contribution < -0.4 is 10.1 Å². The van der Waals surface area contributed by atoms with Gasteiger partial charge in [-0.15, -0.1) is 0 Å². The number of methoxy groups -OCH3 is 1. The molecule has 0 saturated carbocycles. The van der Waals surface area contributed by atoms with E-state index in [0.717, 1.165) is 21.9 Å². The lowest BCUT2D eigenvalue weighted by molar-refractivity contribution is -0.118. The highest BCUT2D eigenvalue weighted by molar-refractivity contribution is 7.19. The zero-order valence-corrected chi connectivity index (χ0v) is 15.2. The number of amides is 1. The van der Waals surface area contributed by atoms with Crippen LogP contribution in [-0.4, -0.2) is 28.1 Å². The van der Waals surface area contributed by atoms with Gasteiger partial charge in [0, 0.05) is 11.5 Å². The minimum Gasteiger partial charge on any atom is -0.497 e. The number of ether oxygens (including phenoxy) is 1. The highest BCUT2D eigenvalue weighted by Crippen LogP contribution is 2.33. The fourth-order valence-corrected chi connectivity index (χ4v) is 2.96. The minimum atomic E-state index is -0.113. The zero-order chi connectivity index (χ0) is 18.0. The largest absolute Gasteiger partial charge is 0.497 e. The number of hydrogen-bond donors (Lipinski definition) is 1. The van der Waals surface area contributed by atoms with Gasteiger partial charge in [0.2, 0.25) is 11.7 Å². The van der Waals surface area contributed by atoms with Gasteiger partial charge in [-0.2, -0.15) is 4.98 Å². The lowest BCUT2D eigenvalue weighted by atomic mass is 10.2. The number of hydrogen-bond acceptors (Lipinski definition) is 7. The van der Waals surface area contributed by atoms with Crippen LogP contribution in [0.15, 0.2) is 28.8 Å². The summed E-state index contributed by atoms with van der Waals surface area (Å²) in [6.07, 6.45) is 0. The van der Waals surface area contributed by atoms with E-state index in [-0.39, 0.29) is 11.8 Å². The average molecular weight is 358 g/mol. The summed E-state index contributed by atoms with van der Waals surface area (Å²) in [6.45, 7) is 5.50. The molecule has 25 heavy (non-hydrogen) atoms. The Bertz CT molecular complexity index is 884. The molecule has 1 N–H and O–H groups in total. The molecule has 3 aromatic rings. The van der Waals surface area contributed by atoms with Crippen molar-refractivity contribution >= 4 is 22.4 Å². The Morgan fingerprint density at radius 1 is 1.24 bits per heavy atom. The Morgan fingerprint density at radius 2 is 1.96 bits per heavy atom. The number of rotatable bonds is 5. The first-order valence-corrected chi connectivity index (χ1v) is 8.56. The van der Waals surface area contributed by atoms with E-state index >= 15 is 0 Å². The SMILES string of the molecule is COc1ccc(-c2noc(-c3sc(NC(=O)C(C)C)nc3C)n2)cc1. The lowest BCUT2D eigenvalue weighted by Gasteiger charge is -2.02. The molecule has 3 rings (SSSR count). The maximum Gasteiger partial charge on any atom is 0.270 e. The molecular weight excluding hydrogens is 340 g/mol. The van der Waals surface area contributed by atoms with Gasteiger partial charge < -0.3 is 14.6 Å². The van der Waals surface area contributed by atoms with Crippen molar-refractivity contribution in [2.45, 2.75) is 20.8 Å². The number of aryl methyl sites for hydroxylation is 1. The van der Waals surface area contributed by atoms with Crippen molar-refractivity contribution in [1.29, 1.82) is 0 Å². The van der Waals surface area contributed by atoms with Crippen molar-refractivity contribution in [3.8, 4) is 27.9 Å². The van der Waals surface area contributed by atoms with Crippen molar-refractivity contribution in [1.82, 2.24) is 15.1 Å². The normalized spacial score (nSPS) is 10.9. The van der Waals surface area contributed by atoms with E-state index < -0.39 is 0 Å². The summed E-state index contributed by atoms with van der Waals surface area (Å²) in [5, 5.41) is 7.33. The molecule has 0 aliphatic carbocycles. The van der Waals surface area contributed by atoms with Crippen molar-refractivity contribution in [2.24, 2.45) is 5.92 Å². The highest BCUT2D eigenvalue weighted by Gasteiger charge is 2.19. The predicted octanol–water partition coefficient (Wildman–Crippen LogP) is 3.77. The minimum absolute atomic E-state index is 0.0789. The third-order valence-corrected chi connectivity index (χ3v) is 4.58. The van der Waals surface area contributed by atoms with Crippen molar-refractivity contribution < 1.29 is 14.1 Å². The first kappa shape index (κ1) is 17.1. The Kier molecular flexibility index (Phi) is 4.80. The molecule has 0 spiro atoms. The molecule has 0 radical (unpaired) electrons. The monoisotopic (exact) mass is 358 g/mol. The van der Waals surface area contributed by atoms with Gasteiger partial charge in [0.15, 0.2) is 5.13 Å². The first-order chi connectivity index (χ1) is 12.0. The number of aromatic nitrogens is 3. The second-order valence-corrected chi connectivity index (χ2v) is 6.73. The van der Waals surface area contributed by atoms with Crippen molar-refractivity contribution in [3.63, 3.8) is 0 Å². The van der Waals surface area contributed by atoms with E-state index in [2.05, 4.69) is 20.4 Å². The maximum absolute atomic E-state index is 11.8. The van der Waals surface area contributed by atoms with Gasteiger partial charge in [0.05, 0.1) is 12.8 Å². The third-order valence-electron chi connectivity index (χ3n) is 3.52. The second-order valence-electron chi connectivity index (χ2n) is 5.73. The molecule has 8 heteroatoms. The number of thiazole rings is 1.